The van der Waals surface area contributed by atoms with Crippen LogP contribution in [0.4, 0.5) is 0 Å². The van der Waals surface area contributed by atoms with E-state index >= 15 is 0 Å². The Labute approximate surface area is 66.9 Å². The summed E-state index contributed by atoms with van der Waals surface area (Å²) in [7, 11) is -2.95. The second-order valence-electron chi connectivity index (χ2n) is 3.08. The van der Waals surface area contributed by atoms with Crippen LogP contribution in [0.3, 0.4) is 0 Å². The van der Waals surface area contributed by atoms with Crippen molar-refractivity contribution in [3.63, 3.8) is 0 Å². The number of hydrogen-bond acceptors (Lipinski definition) is 4. The van der Waals surface area contributed by atoms with Crippen molar-refractivity contribution in [2.45, 2.75) is 24.1 Å². The maximum atomic E-state index is 11.2. The molecule has 0 amide bonds. The fourth-order valence-corrected chi connectivity index (χ4v) is 2.96. The molecular weight excluding hydrogens is 164 g/mol. The van der Waals surface area contributed by atoms with Gasteiger partial charge in [-0.15, -0.1) is 0 Å². The van der Waals surface area contributed by atoms with Crippen LogP contribution in [-0.2, 0) is 9.84 Å². The molecule has 4 N–H and O–H groups in total. The predicted molar refractivity (Wildman–Crippen MR) is 43.8 cm³/mol. The molecule has 0 aromatic heterocycles. The topological polar surface area (TPSA) is 86.2 Å². The monoisotopic (exact) mass is 178 g/mol. The molecule has 0 spiro atoms. The Morgan fingerprint density at radius 2 is 2.18 bits per heavy atom. The van der Waals surface area contributed by atoms with Gasteiger partial charge in [0.1, 0.15) is 0 Å². The Hall–Kier alpha value is -0.130. The van der Waals surface area contributed by atoms with Gasteiger partial charge in [0.05, 0.1) is 5.25 Å². The van der Waals surface area contributed by atoms with E-state index in [4.69, 9.17) is 11.5 Å². The Balaban J connectivity index is 2.71. The quantitative estimate of drug-likeness (QED) is 0.571. The number of sulfone groups is 1. The van der Waals surface area contributed by atoms with Gasteiger partial charge in [-0.25, -0.2) is 8.42 Å². The summed E-state index contributed by atoms with van der Waals surface area (Å²) in [4.78, 5) is 0. The molecule has 0 aliphatic heterocycles. The van der Waals surface area contributed by atoms with E-state index in [0.717, 1.165) is 0 Å². The Morgan fingerprint density at radius 1 is 1.64 bits per heavy atom. The van der Waals surface area contributed by atoms with Crippen LogP contribution in [0.2, 0.25) is 0 Å². The lowest BCUT2D eigenvalue weighted by Crippen LogP contribution is -2.38. The molecule has 1 saturated carbocycles. The van der Waals surface area contributed by atoms with Gasteiger partial charge in [-0.05, 0) is 6.42 Å². The van der Waals surface area contributed by atoms with Gasteiger partial charge >= 0.3 is 0 Å². The van der Waals surface area contributed by atoms with E-state index in [0.29, 0.717) is 6.42 Å². The fourth-order valence-electron chi connectivity index (χ4n) is 1.19. The zero-order chi connectivity index (χ0) is 8.70. The zero-order valence-electron chi connectivity index (χ0n) is 6.58. The highest BCUT2D eigenvalue weighted by molar-refractivity contribution is 7.92. The van der Waals surface area contributed by atoms with Crippen LogP contribution in [0, 0.1) is 0 Å². The molecule has 1 rings (SSSR count). The zero-order valence-corrected chi connectivity index (χ0v) is 7.39. The smallest absolute Gasteiger partial charge is 0.154 e. The Kier molecular flexibility index (Phi) is 1.98. The number of rotatable bonds is 3. The van der Waals surface area contributed by atoms with Gasteiger partial charge in [-0.1, -0.05) is 6.92 Å². The standard InChI is InChI=1S/C6H14N2O2S/c1-2-11(9,10)5-3-6(5,8)4-7/h5H,2-4,7-8H2,1H3/t5-,6+/m1/s1. The minimum Gasteiger partial charge on any atom is -0.329 e. The molecule has 0 radical (unpaired) electrons. The molecule has 5 heteroatoms. The predicted octanol–water partition coefficient (Wildman–Crippen LogP) is -1.15. The van der Waals surface area contributed by atoms with Gasteiger partial charge in [-0.2, -0.15) is 0 Å². The first kappa shape index (κ1) is 8.96. The third-order valence-electron chi connectivity index (χ3n) is 2.26. The molecule has 0 bridgehead atoms. The van der Waals surface area contributed by atoms with Crippen LogP contribution in [0.25, 0.3) is 0 Å². The average molecular weight is 178 g/mol. The van der Waals surface area contributed by atoms with Crippen LogP contribution in [0.5, 0.6) is 0 Å². The average Bonchev–Trinajstić information content (AvgIpc) is 2.65. The van der Waals surface area contributed by atoms with Crippen molar-refractivity contribution in [1.29, 1.82) is 0 Å². The molecule has 0 aromatic carbocycles. The lowest BCUT2D eigenvalue weighted by atomic mass is 10.3. The lowest BCUT2D eigenvalue weighted by molar-refractivity contribution is 0.587. The maximum Gasteiger partial charge on any atom is 0.154 e. The Bertz CT molecular complexity index is 249. The summed E-state index contributed by atoms with van der Waals surface area (Å²) in [5.74, 6) is 0.163. The lowest BCUT2D eigenvalue weighted by Gasteiger charge is -2.06. The normalized spacial score (nSPS) is 37.2. The second kappa shape index (κ2) is 2.43. The Morgan fingerprint density at radius 3 is 2.45 bits per heavy atom. The van der Waals surface area contributed by atoms with E-state index in [1.807, 2.05) is 0 Å². The third-order valence-corrected chi connectivity index (χ3v) is 4.57. The first-order valence-corrected chi connectivity index (χ1v) is 5.38. The molecule has 0 aromatic rings. The highest BCUT2D eigenvalue weighted by atomic mass is 32.2. The van der Waals surface area contributed by atoms with Crippen molar-refractivity contribution < 1.29 is 8.42 Å². The van der Waals surface area contributed by atoms with Crippen molar-refractivity contribution in [3.05, 3.63) is 0 Å². The van der Waals surface area contributed by atoms with Crippen molar-refractivity contribution in [2.75, 3.05) is 12.3 Å². The molecule has 1 aliphatic carbocycles. The van der Waals surface area contributed by atoms with E-state index < -0.39 is 15.4 Å². The molecule has 0 saturated heterocycles. The summed E-state index contributed by atoms with van der Waals surface area (Å²) in [5.41, 5.74) is 10.4. The van der Waals surface area contributed by atoms with Crippen molar-refractivity contribution in [1.82, 2.24) is 0 Å². The molecule has 1 aliphatic rings. The van der Waals surface area contributed by atoms with E-state index in [-0.39, 0.29) is 17.5 Å². The molecule has 66 valence electrons. The molecule has 1 fully saturated rings. The summed E-state index contributed by atoms with van der Waals surface area (Å²) in [6.07, 6.45) is 0.527. The molecule has 4 nitrogen and oxygen atoms in total. The number of hydrogen-bond donors (Lipinski definition) is 2. The van der Waals surface area contributed by atoms with E-state index in [1.165, 1.54) is 0 Å². The summed E-state index contributed by atoms with van der Waals surface area (Å²) in [5, 5.41) is -0.384. The minimum absolute atomic E-state index is 0.163. The summed E-state index contributed by atoms with van der Waals surface area (Å²) in [6, 6.07) is 0. The SMILES string of the molecule is CCS(=O)(=O)[C@@H]1C[C@]1(N)CN. The van der Waals surface area contributed by atoms with Crippen molar-refractivity contribution >= 4 is 9.84 Å². The molecule has 11 heavy (non-hydrogen) atoms. The molecule has 2 atom stereocenters. The van der Waals surface area contributed by atoms with Crippen LogP contribution < -0.4 is 11.5 Å². The first-order chi connectivity index (χ1) is 4.96. The summed E-state index contributed by atoms with van der Waals surface area (Å²) >= 11 is 0. The van der Waals surface area contributed by atoms with E-state index in [1.54, 1.807) is 6.92 Å². The fraction of sp³-hybridized carbons (Fsp3) is 1.00. The van der Waals surface area contributed by atoms with Gasteiger partial charge in [0.25, 0.3) is 0 Å². The van der Waals surface area contributed by atoms with Crippen LogP contribution >= 0.6 is 0 Å². The summed E-state index contributed by atoms with van der Waals surface area (Å²) < 4.78 is 22.4. The third kappa shape index (κ3) is 1.40. The van der Waals surface area contributed by atoms with Gasteiger partial charge in [0.15, 0.2) is 9.84 Å². The van der Waals surface area contributed by atoms with Crippen LogP contribution in [0.15, 0.2) is 0 Å². The van der Waals surface area contributed by atoms with Crippen LogP contribution in [0.1, 0.15) is 13.3 Å². The van der Waals surface area contributed by atoms with Crippen molar-refractivity contribution in [3.8, 4) is 0 Å². The van der Waals surface area contributed by atoms with Gasteiger partial charge < -0.3 is 11.5 Å². The van der Waals surface area contributed by atoms with Gasteiger partial charge in [0.2, 0.25) is 0 Å². The highest BCUT2D eigenvalue weighted by Gasteiger charge is 2.56. The maximum absolute atomic E-state index is 11.2. The first-order valence-electron chi connectivity index (χ1n) is 3.67. The van der Waals surface area contributed by atoms with Gasteiger partial charge in [0, 0.05) is 17.8 Å². The minimum atomic E-state index is -2.95. The van der Waals surface area contributed by atoms with Crippen LogP contribution in [-0.4, -0.2) is 31.5 Å². The molecular formula is C6H14N2O2S. The van der Waals surface area contributed by atoms with E-state index in [2.05, 4.69) is 0 Å². The molecule has 0 unspecified atom stereocenters. The number of nitrogens with two attached hydrogens (primary N) is 2. The van der Waals surface area contributed by atoms with Crippen molar-refractivity contribution in [2.24, 2.45) is 11.5 Å². The van der Waals surface area contributed by atoms with Gasteiger partial charge in [-0.3, -0.25) is 0 Å². The second-order valence-corrected chi connectivity index (χ2v) is 5.55. The largest absolute Gasteiger partial charge is 0.329 e. The van der Waals surface area contributed by atoms with E-state index in [9.17, 15) is 8.42 Å². The molecule has 0 heterocycles. The highest BCUT2D eigenvalue weighted by Crippen LogP contribution is 2.38. The summed E-state index contributed by atoms with van der Waals surface area (Å²) in [6.45, 7) is 1.89.